The average Bonchev–Trinajstić information content (AvgIpc) is 3.32. The number of carbonyl (C=O) groups is 4. The minimum atomic E-state index is -1.28. The molecule has 0 radical (unpaired) electrons. The first-order chi connectivity index (χ1) is 19.0. The molecule has 9 N–H and O–H groups in total. The number of thiazole rings is 1. The van der Waals surface area contributed by atoms with E-state index in [2.05, 4.69) is 20.4 Å². The molecule has 40 heavy (non-hydrogen) atoms. The van der Waals surface area contributed by atoms with Gasteiger partial charge in [-0.3, -0.25) is 24.3 Å². The van der Waals surface area contributed by atoms with Crippen molar-refractivity contribution in [3.05, 3.63) is 34.2 Å². The molecule has 3 aliphatic heterocycles. The summed E-state index contributed by atoms with van der Waals surface area (Å²) in [4.78, 5) is 63.8. The van der Waals surface area contributed by atoms with Crippen LogP contribution in [0.4, 0.5) is 5.13 Å². The van der Waals surface area contributed by atoms with E-state index in [0.29, 0.717) is 23.1 Å². The highest BCUT2D eigenvalue weighted by atomic mass is 32.2. The number of nitrogen functional groups attached to an aromatic ring is 1. The smallest absolute Gasteiger partial charge is 0.352 e. The fourth-order valence-electron chi connectivity index (χ4n) is 3.79. The Hall–Kier alpha value is -3.81. The zero-order valence-electron chi connectivity index (χ0n) is 20.8. The van der Waals surface area contributed by atoms with Crippen LogP contribution < -0.4 is 22.6 Å². The summed E-state index contributed by atoms with van der Waals surface area (Å²) in [5.74, 6) is 2.85. The average molecular weight is 612 g/mol. The third kappa shape index (κ3) is 6.32. The Bertz CT molecular complexity index is 1360. The maximum atomic E-state index is 13.2. The first-order valence-electron chi connectivity index (χ1n) is 11.5. The van der Waals surface area contributed by atoms with Gasteiger partial charge in [-0.15, -0.1) is 23.1 Å². The van der Waals surface area contributed by atoms with E-state index in [4.69, 9.17) is 27.3 Å². The largest absolute Gasteiger partial charge is 0.481 e. The number of hydrogen-bond donors (Lipinski definition) is 6. The number of hydrogen-bond acceptors (Lipinski definition) is 15. The standard InChI is InChI=1S/C21H25N9O7S3/c1-8(4-12(31)32)37-28-13(10-7-39-20(23)25-10)16(33)27-14-17(34)30-15(19(35)36)9(5-38-18(14)30)6-40-21-26-11(22)2-3-29(21)24/h2,7-8,14,18H,3-6,22,24H2,1H3,(H2,23,25)(H,27,33)(H,31,32)(H,35,36)/b28-13-/t8?,14?,18-/m0/s1. The summed E-state index contributed by atoms with van der Waals surface area (Å²) in [6.45, 7) is 1.81. The molecule has 0 aromatic carbocycles. The van der Waals surface area contributed by atoms with Gasteiger partial charge in [-0.05, 0) is 18.6 Å². The van der Waals surface area contributed by atoms with Crippen LogP contribution in [-0.4, -0.2) is 95.3 Å². The summed E-state index contributed by atoms with van der Waals surface area (Å²) < 4.78 is 0. The van der Waals surface area contributed by atoms with Crippen LogP contribution in [0.1, 0.15) is 19.0 Å². The van der Waals surface area contributed by atoms with Crippen LogP contribution in [0.25, 0.3) is 0 Å². The van der Waals surface area contributed by atoms with E-state index in [-0.39, 0.29) is 40.2 Å². The number of rotatable bonds is 10. The molecule has 1 aromatic rings. The number of carbonyl (C=O) groups excluding carboxylic acids is 2. The number of amides is 2. The van der Waals surface area contributed by atoms with Gasteiger partial charge in [0, 0.05) is 16.9 Å². The number of anilines is 1. The van der Waals surface area contributed by atoms with E-state index in [1.165, 1.54) is 40.8 Å². The Balaban J connectivity index is 1.48. The number of aliphatic imine (C=N–C) groups is 1. The normalized spacial score (nSPS) is 21.6. The number of β-lactam (4-membered cyclic amide) rings is 1. The van der Waals surface area contributed by atoms with E-state index >= 15 is 0 Å². The Morgan fingerprint density at radius 3 is 2.75 bits per heavy atom. The molecule has 16 nitrogen and oxygen atoms in total. The molecule has 19 heteroatoms. The Morgan fingerprint density at radius 2 is 2.10 bits per heavy atom. The van der Waals surface area contributed by atoms with Gasteiger partial charge in [0.25, 0.3) is 11.8 Å². The Morgan fingerprint density at radius 1 is 1.35 bits per heavy atom. The molecule has 1 aromatic heterocycles. The van der Waals surface area contributed by atoms with Gasteiger partial charge in [0.05, 0.1) is 13.0 Å². The Kier molecular flexibility index (Phi) is 8.86. The maximum Gasteiger partial charge on any atom is 0.352 e. The summed E-state index contributed by atoms with van der Waals surface area (Å²) in [6.07, 6.45) is 0.421. The zero-order chi connectivity index (χ0) is 29.1. The van der Waals surface area contributed by atoms with E-state index < -0.39 is 41.3 Å². The number of aromatic nitrogens is 1. The highest BCUT2D eigenvalue weighted by Gasteiger charge is 2.54. The highest BCUT2D eigenvalue weighted by Crippen LogP contribution is 2.41. The molecule has 214 valence electrons. The van der Waals surface area contributed by atoms with Crippen molar-refractivity contribution in [1.29, 1.82) is 0 Å². The van der Waals surface area contributed by atoms with Crippen molar-refractivity contribution in [3.63, 3.8) is 0 Å². The van der Waals surface area contributed by atoms with Crippen molar-refractivity contribution in [3.8, 4) is 0 Å². The molecule has 1 saturated heterocycles. The van der Waals surface area contributed by atoms with Crippen LogP contribution >= 0.6 is 34.9 Å². The number of nitrogens with one attached hydrogen (secondary N) is 1. The first-order valence-corrected chi connectivity index (χ1v) is 14.4. The van der Waals surface area contributed by atoms with Gasteiger partial charge < -0.3 is 31.8 Å². The lowest BCUT2D eigenvalue weighted by Crippen LogP contribution is -2.71. The van der Waals surface area contributed by atoms with Gasteiger partial charge in [0.2, 0.25) is 0 Å². The number of thioether (sulfide) groups is 2. The van der Waals surface area contributed by atoms with Crippen molar-refractivity contribution in [2.45, 2.75) is 30.9 Å². The summed E-state index contributed by atoms with van der Waals surface area (Å²) in [5.41, 5.74) is 11.5. The summed E-state index contributed by atoms with van der Waals surface area (Å²) >= 11 is 3.53. The fourth-order valence-corrected chi connectivity index (χ4v) is 6.76. The fraction of sp³-hybridized carbons (Fsp3) is 0.381. The molecular formula is C21H25N9O7S3. The number of amidine groups is 1. The van der Waals surface area contributed by atoms with Crippen LogP contribution in [-0.2, 0) is 24.0 Å². The second-order valence-electron chi connectivity index (χ2n) is 8.61. The number of hydrazine groups is 1. The number of carboxylic acids is 2. The molecule has 3 atom stereocenters. The van der Waals surface area contributed by atoms with Crippen LogP contribution in [0.2, 0.25) is 0 Å². The minimum Gasteiger partial charge on any atom is -0.481 e. The maximum absolute atomic E-state index is 13.2. The van der Waals surface area contributed by atoms with Crippen molar-refractivity contribution >= 4 is 74.6 Å². The minimum absolute atomic E-state index is 0.0722. The topological polar surface area (TPSA) is 252 Å². The molecule has 3 aliphatic rings. The summed E-state index contributed by atoms with van der Waals surface area (Å²) in [7, 11) is 0. The van der Waals surface area contributed by atoms with Gasteiger partial charge in [-0.2, -0.15) is 0 Å². The highest BCUT2D eigenvalue weighted by molar-refractivity contribution is 8.14. The summed E-state index contributed by atoms with van der Waals surface area (Å²) in [6, 6.07) is -1.05. The van der Waals surface area contributed by atoms with Crippen molar-refractivity contribution < 1.29 is 34.2 Å². The van der Waals surface area contributed by atoms with Gasteiger partial charge in [0.1, 0.15) is 34.7 Å². The van der Waals surface area contributed by atoms with E-state index in [0.717, 1.165) is 16.2 Å². The second-order valence-corrected chi connectivity index (χ2v) is 11.5. The molecule has 2 amide bonds. The molecule has 2 unspecified atom stereocenters. The number of oxime groups is 1. The second kappa shape index (κ2) is 12.1. The van der Waals surface area contributed by atoms with Crippen LogP contribution in [0.5, 0.6) is 0 Å². The molecule has 4 rings (SSSR count). The van der Waals surface area contributed by atoms with Crippen LogP contribution in [0, 0.1) is 0 Å². The van der Waals surface area contributed by atoms with E-state index in [9.17, 15) is 24.3 Å². The molecule has 1 fully saturated rings. The van der Waals surface area contributed by atoms with Gasteiger partial charge >= 0.3 is 11.9 Å². The molecule has 0 bridgehead atoms. The van der Waals surface area contributed by atoms with Gasteiger partial charge in [-0.25, -0.2) is 20.6 Å². The molecule has 4 heterocycles. The SMILES string of the molecule is CC(CC(=O)O)O/N=C(\C(=O)NC1C(=O)N2C(C(=O)O)=C(CSC3=NC(N)=CCN3N)CS[C@@H]12)c1csc(N)n1. The Labute approximate surface area is 239 Å². The number of nitrogens with two attached hydrogens (primary N) is 3. The predicted molar refractivity (Wildman–Crippen MR) is 149 cm³/mol. The van der Waals surface area contributed by atoms with Crippen LogP contribution in [0.3, 0.4) is 0 Å². The third-order valence-corrected chi connectivity index (χ3v) is 8.74. The first kappa shape index (κ1) is 29.2. The predicted octanol–water partition coefficient (Wildman–Crippen LogP) is -0.874. The number of nitrogens with zero attached hydrogens (tertiary/aromatic N) is 5. The molecule has 0 saturated carbocycles. The lowest BCUT2D eigenvalue weighted by molar-refractivity contribution is -0.150. The van der Waals surface area contributed by atoms with E-state index in [1.807, 2.05) is 0 Å². The van der Waals surface area contributed by atoms with Crippen molar-refractivity contribution in [1.82, 2.24) is 20.2 Å². The number of aliphatic carboxylic acids is 2. The van der Waals surface area contributed by atoms with E-state index in [1.54, 1.807) is 6.08 Å². The molecule has 0 aliphatic carbocycles. The third-order valence-electron chi connectivity index (χ3n) is 5.65. The van der Waals surface area contributed by atoms with Crippen molar-refractivity contribution in [2.75, 3.05) is 23.8 Å². The quantitative estimate of drug-likeness (QED) is 0.0814. The summed E-state index contributed by atoms with van der Waals surface area (Å²) in [5, 5.41) is 27.9. The molecule has 0 spiro atoms. The monoisotopic (exact) mass is 611 g/mol. The van der Waals surface area contributed by atoms with Gasteiger partial charge in [-0.1, -0.05) is 16.9 Å². The number of fused-ring (bicyclic) bond motifs is 1. The zero-order valence-corrected chi connectivity index (χ0v) is 23.3. The number of carboxylic acid groups (broad SMARTS) is 2. The van der Waals surface area contributed by atoms with Gasteiger partial charge in [0.15, 0.2) is 16.0 Å². The van der Waals surface area contributed by atoms with Crippen molar-refractivity contribution in [2.24, 2.45) is 21.7 Å². The van der Waals surface area contributed by atoms with Crippen LogP contribution in [0.15, 0.2) is 38.7 Å². The molecular weight excluding hydrogens is 586 g/mol. The lowest BCUT2D eigenvalue weighted by atomic mass is 10.0. The lowest BCUT2D eigenvalue weighted by Gasteiger charge is -2.49.